The molecule has 0 aliphatic rings. The van der Waals surface area contributed by atoms with Gasteiger partial charge in [0.2, 0.25) is 10.0 Å². The first-order chi connectivity index (χ1) is 9.81. The van der Waals surface area contributed by atoms with E-state index in [-0.39, 0.29) is 17.8 Å². The topological polar surface area (TPSA) is 72.2 Å². The van der Waals surface area contributed by atoms with Gasteiger partial charge in [0.05, 0.1) is 5.69 Å². The van der Waals surface area contributed by atoms with Crippen molar-refractivity contribution in [1.29, 1.82) is 0 Å². The number of anilines is 1. The predicted octanol–water partition coefficient (Wildman–Crippen LogP) is 2.79. The second-order valence-electron chi connectivity index (χ2n) is 4.22. The van der Waals surface area contributed by atoms with Gasteiger partial charge >= 0.3 is 0 Å². The molecule has 0 spiro atoms. The molecule has 0 radical (unpaired) electrons. The van der Waals surface area contributed by atoms with Gasteiger partial charge < -0.3 is 5.73 Å². The number of hydrogen-bond donors (Lipinski definition) is 2. The Labute approximate surface area is 129 Å². The molecule has 2 aromatic rings. The molecule has 0 aromatic heterocycles. The third-order valence-corrected chi connectivity index (χ3v) is 4.71. The fourth-order valence-corrected chi connectivity index (χ4v) is 3.33. The van der Waals surface area contributed by atoms with Crippen molar-refractivity contribution in [3.05, 3.63) is 58.1 Å². The van der Waals surface area contributed by atoms with Crippen molar-refractivity contribution >= 4 is 31.6 Å². The normalized spacial score (nSPS) is 11.6. The van der Waals surface area contributed by atoms with Crippen LogP contribution in [-0.4, -0.2) is 8.42 Å². The fourth-order valence-electron chi connectivity index (χ4n) is 1.73. The van der Waals surface area contributed by atoms with Gasteiger partial charge in [-0.25, -0.2) is 21.9 Å². The molecule has 0 bridgehead atoms. The molecule has 112 valence electrons. The van der Waals surface area contributed by atoms with Crippen LogP contribution >= 0.6 is 15.9 Å². The minimum atomic E-state index is -4.18. The Kier molecular flexibility index (Phi) is 4.60. The molecule has 0 unspecified atom stereocenters. The zero-order valence-corrected chi connectivity index (χ0v) is 13.0. The van der Waals surface area contributed by atoms with Crippen LogP contribution < -0.4 is 10.5 Å². The van der Waals surface area contributed by atoms with Crippen molar-refractivity contribution in [2.24, 2.45) is 0 Å². The highest BCUT2D eigenvalue weighted by Crippen LogP contribution is 2.22. The molecule has 2 aromatic carbocycles. The number of benzene rings is 2. The van der Waals surface area contributed by atoms with E-state index in [0.29, 0.717) is 4.47 Å². The van der Waals surface area contributed by atoms with E-state index in [1.807, 2.05) is 0 Å². The fraction of sp³-hybridized carbons (Fsp3) is 0.0769. The summed E-state index contributed by atoms with van der Waals surface area (Å²) in [7, 11) is -4.18. The van der Waals surface area contributed by atoms with Crippen LogP contribution in [0, 0.1) is 11.6 Å². The highest BCUT2D eigenvalue weighted by atomic mass is 79.9. The van der Waals surface area contributed by atoms with Gasteiger partial charge in [-0.2, -0.15) is 0 Å². The molecular weight excluding hydrogens is 366 g/mol. The molecular formula is C13H11BrF2N2O2S. The second kappa shape index (κ2) is 6.08. The summed E-state index contributed by atoms with van der Waals surface area (Å²) in [6.45, 7) is -0.318. The number of halogens is 3. The lowest BCUT2D eigenvalue weighted by molar-refractivity contribution is 0.555. The lowest BCUT2D eigenvalue weighted by Crippen LogP contribution is -2.25. The molecule has 0 amide bonds. The van der Waals surface area contributed by atoms with E-state index in [2.05, 4.69) is 20.7 Å². The van der Waals surface area contributed by atoms with E-state index < -0.39 is 26.6 Å². The summed E-state index contributed by atoms with van der Waals surface area (Å²) in [6, 6.07) is 7.69. The Bertz CT molecular complexity index is 761. The molecule has 0 aliphatic heterocycles. The van der Waals surface area contributed by atoms with Crippen molar-refractivity contribution in [3.8, 4) is 0 Å². The van der Waals surface area contributed by atoms with Gasteiger partial charge in [-0.3, -0.25) is 0 Å². The first-order valence-electron chi connectivity index (χ1n) is 5.79. The summed E-state index contributed by atoms with van der Waals surface area (Å²) in [5.74, 6) is -1.53. The summed E-state index contributed by atoms with van der Waals surface area (Å²) in [5, 5.41) is 0. The van der Waals surface area contributed by atoms with Crippen molar-refractivity contribution in [2.75, 3.05) is 5.73 Å². The summed E-state index contributed by atoms with van der Waals surface area (Å²) in [5.41, 5.74) is 5.41. The third-order valence-electron chi connectivity index (χ3n) is 2.73. The summed E-state index contributed by atoms with van der Waals surface area (Å²) >= 11 is 3.16. The number of sulfonamides is 1. The maximum Gasteiger partial charge on any atom is 0.245 e. The van der Waals surface area contributed by atoms with Crippen molar-refractivity contribution < 1.29 is 17.2 Å². The van der Waals surface area contributed by atoms with E-state index in [4.69, 9.17) is 5.73 Å². The van der Waals surface area contributed by atoms with Crippen LogP contribution in [0.15, 0.2) is 45.8 Å². The Morgan fingerprint density at radius 2 is 1.86 bits per heavy atom. The van der Waals surface area contributed by atoms with E-state index in [1.54, 1.807) is 0 Å². The minimum absolute atomic E-state index is 0.128. The number of nitrogens with two attached hydrogens (primary N) is 1. The Morgan fingerprint density at radius 1 is 1.14 bits per heavy atom. The highest BCUT2D eigenvalue weighted by Gasteiger charge is 2.22. The quantitative estimate of drug-likeness (QED) is 0.805. The molecule has 8 heteroatoms. The van der Waals surface area contributed by atoms with Crippen molar-refractivity contribution in [3.63, 3.8) is 0 Å². The van der Waals surface area contributed by atoms with E-state index in [0.717, 1.165) is 6.07 Å². The van der Waals surface area contributed by atoms with Gasteiger partial charge in [0.1, 0.15) is 16.5 Å². The van der Waals surface area contributed by atoms with Crippen molar-refractivity contribution in [1.82, 2.24) is 4.72 Å². The molecule has 0 atom stereocenters. The first kappa shape index (κ1) is 15.9. The molecule has 0 saturated carbocycles. The SMILES string of the molecule is Nc1cccc(F)c1S(=O)(=O)NCc1cc(Br)ccc1F. The average molecular weight is 377 g/mol. The minimum Gasteiger partial charge on any atom is -0.398 e. The standard InChI is InChI=1S/C13H11BrF2N2O2S/c14-9-4-5-10(15)8(6-9)7-18-21(19,20)13-11(16)2-1-3-12(13)17/h1-6,18H,7,17H2. The van der Waals surface area contributed by atoms with Gasteiger partial charge in [0.15, 0.2) is 0 Å². The number of nitrogens with one attached hydrogen (secondary N) is 1. The lowest BCUT2D eigenvalue weighted by atomic mass is 10.2. The smallest absolute Gasteiger partial charge is 0.245 e. The van der Waals surface area contributed by atoms with Crippen molar-refractivity contribution in [2.45, 2.75) is 11.4 Å². The van der Waals surface area contributed by atoms with E-state index in [9.17, 15) is 17.2 Å². The molecule has 0 saturated heterocycles. The Hall–Kier alpha value is -1.51. The van der Waals surface area contributed by atoms with Crippen LogP contribution in [0.1, 0.15) is 5.56 Å². The van der Waals surface area contributed by atoms with Gasteiger partial charge in [0.25, 0.3) is 0 Å². The lowest BCUT2D eigenvalue weighted by Gasteiger charge is -2.10. The second-order valence-corrected chi connectivity index (χ2v) is 6.84. The zero-order chi connectivity index (χ0) is 15.6. The maximum atomic E-state index is 13.6. The monoisotopic (exact) mass is 376 g/mol. The maximum absolute atomic E-state index is 13.6. The van der Waals surface area contributed by atoms with Gasteiger partial charge in [0, 0.05) is 16.6 Å². The number of rotatable bonds is 4. The molecule has 0 fully saturated rings. The van der Waals surface area contributed by atoms with Crippen LogP contribution in [0.5, 0.6) is 0 Å². The summed E-state index contributed by atoms with van der Waals surface area (Å²) < 4.78 is 54.1. The molecule has 2 rings (SSSR count). The Balaban J connectivity index is 2.28. The van der Waals surface area contributed by atoms with E-state index in [1.165, 1.54) is 30.3 Å². The molecule has 3 N–H and O–H groups in total. The van der Waals surface area contributed by atoms with E-state index >= 15 is 0 Å². The largest absolute Gasteiger partial charge is 0.398 e. The van der Waals surface area contributed by atoms with Gasteiger partial charge in [-0.15, -0.1) is 0 Å². The first-order valence-corrected chi connectivity index (χ1v) is 8.06. The number of nitrogen functional groups attached to an aromatic ring is 1. The predicted molar refractivity (Wildman–Crippen MR) is 78.9 cm³/mol. The summed E-state index contributed by atoms with van der Waals surface area (Å²) in [6.07, 6.45) is 0. The van der Waals surface area contributed by atoms with Gasteiger partial charge in [-0.1, -0.05) is 22.0 Å². The van der Waals surface area contributed by atoms with Crippen LogP contribution in [0.25, 0.3) is 0 Å². The average Bonchev–Trinajstić information content (AvgIpc) is 2.39. The van der Waals surface area contributed by atoms with Crippen LogP contribution in [0.2, 0.25) is 0 Å². The molecule has 21 heavy (non-hydrogen) atoms. The van der Waals surface area contributed by atoms with Crippen LogP contribution in [-0.2, 0) is 16.6 Å². The molecule has 4 nitrogen and oxygen atoms in total. The van der Waals surface area contributed by atoms with Crippen LogP contribution in [0.3, 0.4) is 0 Å². The Morgan fingerprint density at radius 3 is 2.52 bits per heavy atom. The zero-order valence-electron chi connectivity index (χ0n) is 10.6. The summed E-state index contributed by atoms with van der Waals surface area (Å²) in [4.78, 5) is -0.639. The van der Waals surface area contributed by atoms with Crippen LogP contribution in [0.4, 0.5) is 14.5 Å². The molecule has 0 aliphatic carbocycles. The third kappa shape index (κ3) is 3.58. The highest BCUT2D eigenvalue weighted by molar-refractivity contribution is 9.10. The number of hydrogen-bond acceptors (Lipinski definition) is 3. The molecule has 0 heterocycles. The van der Waals surface area contributed by atoms with Gasteiger partial charge in [-0.05, 0) is 30.3 Å².